The largest absolute Gasteiger partial charge is 0.417 e. The highest BCUT2D eigenvalue weighted by molar-refractivity contribution is 7.08. The predicted octanol–water partition coefficient (Wildman–Crippen LogP) is 2.51. The number of hydrogen-bond donors (Lipinski definition) is 3. The summed E-state index contributed by atoms with van der Waals surface area (Å²) >= 11 is 1.41. The van der Waals surface area contributed by atoms with E-state index in [1.807, 2.05) is 0 Å². The van der Waals surface area contributed by atoms with Crippen molar-refractivity contribution < 1.29 is 22.8 Å². The van der Waals surface area contributed by atoms with Gasteiger partial charge in [-0.3, -0.25) is 9.59 Å². The number of anilines is 1. The Morgan fingerprint density at radius 3 is 2.50 bits per heavy atom. The van der Waals surface area contributed by atoms with Gasteiger partial charge in [0.2, 0.25) is 5.91 Å². The second-order valence-corrected chi connectivity index (χ2v) is 6.00. The normalized spacial score (nSPS) is 11.0. The molecule has 0 saturated carbocycles. The van der Waals surface area contributed by atoms with Crippen LogP contribution in [0.15, 0.2) is 35.2 Å². The van der Waals surface area contributed by atoms with Crippen LogP contribution >= 0.6 is 11.3 Å². The van der Waals surface area contributed by atoms with Crippen molar-refractivity contribution in [2.24, 2.45) is 0 Å². The first-order valence-corrected chi connectivity index (χ1v) is 8.65. The lowest BCUT2D eigenvalue weighted by molar-refractivity contribution is -0.137. The molecule has 0 aliphatic carbocycles. The standard InChI is InChI=1S/C16H17F3N4O2S/c17-16(18,19)12-1-2-13(23-9-12)20-6-7-21-14(24)3-5-22-15(25)11-4-8-26-10-11/h1-2,4,8-10H,3,5-7H2,(H,20,23)(H,21,24)(H,22,25). The lowest BCUT2D eigenvalue weighted by Crippen LogP contribution is -2.33. The van der Waals surface area contributed by atoms with Crippen LogP contribution in [0.25, 0.3) is 0 Å². The number of amides is 2. The molecule has 0 aliphatic rings. The van der Waals surface area contributed by atoms with Gasteiger partial charge in [0.1, 0.15) is 5.82 Å². The number of carbonyl (C=O) groups is 2. The summed E-state index contributed by atoms with van der Waals surface area (Å²) in [5.74, 6) is -0.179. The van der Waals surface area contributed by atoms with Gasteiger partial charge in [-0.05, 0) is 23.6 Å². The van der Waals surface area contributed by atoms with E-state index in [0.717, 1.165) is 12.3 Å². The summed E-state index contributed by atoms with van der Waals surface area (Å²) in [6.45, 7) is 0.805. The third-order valence-electron chi connectivity index (χ3n) is 3.27. The molecule has 0 aromatic carbocycles. The van der Waals surface area contributed by atoms with Crippen molar-refractivity contribution in [3.63, 3.8) is 0 Å². The average molecular weight is 386 g/mol. The summed E-state index contributed by atoms with van der Waals surface area (Å²) < 4.78 is 37.2. The Bertz CT molecular complexity index is 718. The summed E-state index contributed by atoms with van der Waals surface area (Å²) in [5, 5.41) is 11.6. The van der Waals surface area contributed by atoms with E-state index in [1.165, 1.54) is 17.4 Å². The van der Waals surface area contributed by atoms with E-state index >= 15 is 0 Å². The van der Waals surface area contributed by atoms with E-state index < -0.39 is 11.7 Å². The quantitative estimate of drug-likeness (QED) is 0.609. The monoisotopic (exact) mass is 386 g/mol. The lowest BCUT2D eigenvalue weighted by atomic mass is 10.3. The van der Waals surface area contributed by atoms with Crippen molar-refractivity contribution >= 4 is 29.0 Å². The lowest BCUT2D eigenvalue weighted by Gasteiger charge is -2.09. The number of halogens is 3. The molecule has 2 rings (SSSR count). The fourth-order valence-corrected chi connectivity index (χ4v) is 2.57. The van der Waals surface area contributed by atoms with Crippen LogP contribution in [0.2, 0.25) is 0 Å². The number of carbonyl (C=O) groups excluding carboxylic acids is 2. The van der Waals surface area contributed by atoms with Crippen LogP contribution < -0.4 is 16.0 Å². The second-order valence-electron chi connectivity index (χ2n) is 5.22. The molecular weight excluding hydrogens is 369 g/mol. The first kappa shape index (κ1) is 19.7. The van der Waals surface area contributed by atoms with Crippen LogP contribution in [-0.2, 0) is 11.0 Å². The fourth-order valence-electron chi connectivity index (χ4n) is 1.93. The number of pyridine rings is 1. The average Bonchev–Trinajstić information content (AvgIpc) is 3.13. The summed E-state index contributed by atoms with van der Waals surface area (Å²) in [5.41, 5.74) is -0.260. The Kier molecular flexibility index (Phi) is 6.96. The first-order chi connectivity index (χ1) is 12.4. The molecule has 0 saturated heterocycles. The Balaban J connectivity index is 1.59. The Morgan fingerprint density at radius 1 is 1.08 bits per heavy atom. The van der Waals surface area contributed by atoms with Crippen LogP contribution in [-0.4, -0.2) is 36.4 Å². The van der Waals surface area contributed by atoms with Crippen LogP contribution in [0.4, 0.5) is 19.0 Å². The van der Waals surface area contributed by atoms with Gasteiger partial charge in [0.15, 0.2) is 0 Å². The van der Waals surface area contributed by atoms with E-state index in [4.69, 9.17) is 0 Å². The van der Waals surface area contributed by atoms with Crippen LogP contribution in [0.5, 0.6) is 0 Å². The molecule has 0 atom stereocenters. The van der Waals surface area contributed by atoms with Gasteiger partial charge in [-0.1, -0.05) is 0 Å². The molecule has 3 N–H and O–H groups in total. The number of thiophene rings is 1. The van der Waals surface area contributed by atoms with E-state index in [-0.39, 0.29) is 37.1 Å². The highest BCUT2D eigenvalue weighted by atomic mass is 32.1. The number of aromatic nitrogens is 1. The van der Waals surface area contributed by atoms with Gasteiger partial charge in [0, 0.05) is 43.2 Å². The number of hydrogen-bond acceptors (Lipinski definition) is 5. The Labute approximate surface area is 151 Å². The van der Waals surface area contributed by atoms with Gasteiger partial charge in [0.05, 0.1) is 5.56 Å². The molecular formula is C16H17F3N4O2S. The van der Waals surface area contributed by atoms with Gasteiger partial charge in [0.25, 0.3) is 5.91 Å². The Hall–Kier alpha value is -2.62. The molecule has 6 nitrogen and oxygen atoms in total. The molecule has 0 aliphatic heterocycles. The molecule has 2 heterocycles. The summed E-state index contributed by atoms with van der Waals surface area (Å²) in [7, 11) is 0. The van der Waals surface area contributed by atoms with Crippen molar-refractivity contribution in [2.75, 3.05) is 25.0 Å². The van der Waals surface area contributed by atoms with Crippen molar-refractivity contribution in [3.8, 4) is 0 Å². The third-order valence-corrected chi connectivity index (χ3v) is 3.95. The SMILES string of the molecule is O=C(CCNC(=O)c1ccsc1)NCCNc1ccc(C(F)(F)F)cn1. The highest BCUT2D eigenvalue weighted by Crippen LogP contribution is 2.28. The molecule has 0 bridgehead atoms. The maximum absolute atomic E-state index is 12.4. The van der Waals surface area contributed by atoms with Gasteiger partial charge < -0.3 is 16.0 Å². The van der Waals surface area contributed by atoms with Crippen molar-refractivity contribution in [3.05, 3.63) is 46.3 Å². The topological polar surface area (TPSA) is 83.1 Å². The number of alkyl halides is 3. The van der Waals surface area contributed by atoms with E-state index in [0.29, 0.717) is 12.1 Å². The molecule has 2 aromatic heterocycles. The van der Waals surface area contributed by atoms with Crippen LogP contribution in [0.1, 0.15) is 22.3 Å². The maximum Gasteiger partial charge on any atom is 0.417 e. The zero-order valence-electron chi connectivity index (χ0n) is 13.6. The predicted molar refractivity (Wildman–Crippen MR) is 92.0 cm³/mol. The number of rotatable bonds is 8. The smallest absolute Gasteiger partial charge is 0.368 e. The molecule has 0 spiro atoms. The minimum absolute atomic E-state index is 0.133. The zero-order valence-corrected chi connectivity index (χ0v) is 14.4. The summed E-state index contributed by atoms with van der Waals surface area (Å²) in [6.07, 6.45) is -3.54. The Morgan fingerprint density at radius 2 is 1.88 bits per heavy atom. The molecule has 2 amide bonds. The molecule has 0 fully saturated rings. The van der Waals surface area contributed by atoms with E-state index in [9.17, 15) is 22.8 Å². The first-order valence-electron chi connectivity index (χ1n) is 7.70. The minimum Gasteiger partial charge on any atom is -0.368 e. The molecule has 2 aromatic rings. The van der Waals surface area contributed by atoms with Gasteiger partial charge in [-0.2, -0.15) is 24.5 Å². The zero-order chi connectivity index (χ0) is 19.0. The van der Waals surface area contributed by atoms with Crippen LogP contribution in [0.3, 0.4) is 0 Å². The van der Waals surface area contributed by atoms with Gasteiger partial charge >= 0.3 is 6.18 Å². The van der Waals surface area contributed by atoms with Crippen molar-refractivity contribution in [2.45, 2.75) is 12.6 Å². The van der Waals surface area contributed by atoms with Gasteiger partial charge in [-0.15, -0.1) is 0 Å². The molecule has 10 heteroatoms. The molecule has 0 radical (unpaired) electrons. The second kappa shape index (κ2) is 9.18. The van der Waals surface area contributed by atoms with Gasteiger partial charge in [-0.25, -0.2) is 4.98 Å². The van der Waals surface area contributed by atoms with Crippen LogP contribution in [0, 0.1) is 0 Å². The third kappa shape index (κ3) is 6.36. The number of nitrogens with one attached hydrogen (secondary N) is 3. The van der Waals surface area contributed by atoms with Crippen molar-refractivity contribution in [1.29, 1.82) is 0 Å². The highest BCUT2D eigenvalue weighted by Gasteiger charge is 2.30. The summed E-state index contributed by atoms with van der Waals surface area (Å²) in [6, 6.07) is 3.86. The van der Waals surface area contributed by atoms with E-state index in [1.54, 1.807) is 16.8 Å². The fraction of sp³-hybridized carbons (Fsp3) is 0.312. The maximum atomic E-state index is 12.4. The molecule has 26 heavy (non-hydrogen) atoms. The molecule has 0 unspecified atom stereocenters. The van der Waals surface area contributed by atoms with Crippen molar-refractivity contribution in [1.82, 2.24) is 15.6 Å². The summed E-state index contributed by atoms with van der Waals surface area (Å²) in [4.78, 5) is 27.0. The molecule has 140 valence electrons. The van der Waals surface area contributed by atoms with E-state index in [2.05, 4.69) is 20.9 Å². The minimum atomic E-state index is -4.42. The number of nitrogens with zero attached hydrogens (tertiary/aromatic N) is 1.